The van der Waals surface area contributed by atoms with E-state index in [4.69, 9.17) is 10.5 Å². The van der Waals surface area contributed by atoms with Crippen molar-refractivity contribution in [2.24, 2.45) is 5.73 Å². The SMILES string of the molecule is CCOC1CCCN(c2ccc(CN)c3ccccc23)C1. The van der Waals surface area contributed by atoms with Crippen molar-refractivity contribution in [3.63, 3.8) is 0 Å². The summed E-state index contributed by atoms with van der Waals surface area (Å²) in [6.07, 6.45) is 2.72. The minimum atomic E-state index is 0.358. The molecule has 0 aliphatic carbocycles. The van der Waals surface area contributed by atoms with Crippen LogP contribution in [0.2, 0.25) is 0 Å². The Morgan fingerprint density at radius 1 is 1.19 bits per heavy atom. The summed E-state index contributed by atoms with van der Waals surface area (Å²) in [4.78, 5) is 2.46. The Balaban J connectivity index is 1.97. The molecule has 1 fully saturated rings. The maximum Gasteiger partial charge on any atom is 0.0750 e. The second-order valence-corrected chi connectivity index (χ2v) is 5.66. The maximum absolute atomic E-state index is 5.87. The lowest BCUT2D eigenvalue weighted by atomic mass is 10.00. The molecule has 0 radical (unpaired) electrons. The van der Waals surface area contributed by atoms with Crippen LogP contribution >= 0.6 is 0 Å². The molecule has 3 heteroatoms. The quantitative estimate of drug-likeness (QED) is 0.936. The van der Waals surface area contributed by atoms with Gasteiger partial charge in [-0.2, -0.15) is 0 Å². The summed E-state index contributed by atoms with van der Waals surface area (Å²) < 4.78 is 5.83. The largest absolute Gasteiger partial charge is 0.377 e. The fourth-order valence-corrected chi connectivity index (χ4v) is 3.33. The zero-order valence-electron chi connectivity index (χ0n) is 12.7. The third-order valence-electron chi connectivity index (χ3n) is 4.33. The average molecular weight is 284 g/mol. The van der Waals surface area contributed by atoms with Crippen molar-refractivity contribution in [2.75, 3.05) is 24.6 Å². The predicted molar refractivity (Wildman–Crippen MR) is 88.7 cm³/mol. The fraction of sp³-hybridized carbons (Fsp3) is 0.444. The van der Waals surface area contributed by atoms with E-state index < -0.39 is 0 Å². The minimum Gasteiger partial charge on any atom is -0.377 e. The summed E-state index contributed by atoms with van der Waals surface area (Å²) in [5, 5.41) is 2.58. The van der Waals surface area contributed by atoms with Crippen LogP contribution in [0.25, 0.3) is 10.8 Å². The van der Waals surface area contributed by atoms with Crippen molar-refractivity contribution in [2.45, 2.75) is 32.4 Å². The molecule has 2 aromatic carbocycles. The van der Waals surface area contributed by atoms with E-state index in [1.165, 1.54) is 34.9 Å². The van der Waals surface area contributed by atoms with Gasteiger partial charge >= 0.3 is 0 Å². The topological polar surface area (TPSA) is 38.5 Å². The van der Waals surface area contributed by atoms with Crippen molar-refractivity contribution >= 4 is 16.5 Å². The molecule has 2 N–H and O–H groups in total. The van der Waals surface area contributed by atoms with Gasteiger partial charge in [0.25, 0.3) is 0 Å². The van der Waals surface area contributed by atoms with Gasteiger partial charge in [0, 0.05) is 37.3 Å². The molecule has 1 aliphatic heterocycles. The molecule has 21 heavy (non-hydrogen) atoms. The lowest BCUT2D eigenvalue weighted by molar-refractivity contribution is 0.0527. The molecule has 3 nitrogen and oxygen atoms in total. The standard InChI is InChI=1S/C18H24N2O/c1-2-21-15-6-5-11-20(13-15)18-10-9-14(12-19)16-7-3-4-8-17(16)18/h3-4,7-10,15H,2,5-6,11-13,19H2,1H3. The smallest absolute Gasteiger partial charge is 0.0750 e. The number of nitrogens with two attached hydrogens (primary N) is 1. The minimum absolute atomic E-state index is 0.358. The first kappa shape index (κ1) is 14.4. The number of ether oxygens (including phenoxy) is 1. The molecule has 2 aromatic rings. The van der Waals surface area contributed by atoms with Crippen LogP contribution in [0.1, 0.15) is 25.3 Å². The highest BCUT2D eigenvalue weighted by atomic mass is 16.5. The normalized spacial score (nSPS) is 19.1. The summed E-state index contributed by atoms with van der Waals surface area (Å²) in [5.41, 5.74) is 8.40. The zero-order chi connectivity index (χ0) is 14.7. The number of benzene rings is 2. The van der Waals surface area contributed by atoms with E-state index in [1.807, 2.05) is 0 Å². The summed E-state index contributed by atoms with van der Waals surface area (Å²) >= 11 is 0. The van der Waals surface area contributed by atoms with Crippen LogP contribution in [0.3, 0.4) is 0 Å². The highest BCUT2D eigenvalue weighted by Crippen LogP contribution is 2.31. The monoisotopic (exact) mass is 284 g/mol. The number of hydrogen-bond acceptors (Lipinski definition) is 3. The first-order valence-corrected chi connectivity index (χ1v) is 7.90. The van der Waals surface area contributed by atoms with Crippen LogP contribution < -0.4 is 10.6 Å². The van der Waals surface area contributed by atoms with E-state index >= 15 is 0 Å². The highest BCUT2D eigenvalue weighted by Gasteiger charge is 2.21. The number of nitrogens with zero attached hydrogens (tertiary/aromatic N) is 1. The van der Waals surface area contributed by atoms with Gasteiger partial charge in [0.2, 0.25) is 0 Å². The van der Waals surface area contributed by atoms with Gasteiger partial charge in [-0.25, -0.2) is 0 Å². The van der Waals surface area contributed by atoms with Gasteiger partial charge in [-0.1, -0.05) is 30.3 Å². The molecule has 0 saturated carbocycles. The van der Waals surface area contributed by atoms with Crippen molar-refractivity contribution in [3.8, 4) is 0 Å². The van der Waals surface area contributed by atoms with Crippen molar-refractivity contribution < 1.29 is 4.74 Å². The number of fused-ring (bicyclic) bond motifs is 1. The zero-order valence-corrected chi connectivity index (χ0v) is 12.7. The van der Waals surface area contributed by atoms with E-state index in [0.717, 1.165) is 19.7 Å². The van der Waals surface area contributed by atoms with Gasteiger partial charge in [-0.15, -0.1) is 0 Å². The van der Waals surface area contributed by atoms with Gasteiger partial charge < -0.3 is 15.4 Å². The van der Waals surface area contributed by atoms with Crippen LogP contribution in [0, 0.1) is 0 Å². The molecule has 0 bridgehead atoms. The van der Waals surface area contributed by atoms with Gasteiger partial charge in [0.15, 0.2) is 0 Å². The van der Waals surface area contributed by atoms with Gasteiger partial charge in [-0.3, -0.25) is 0 Å². The van der Waals surface area contributed by atoms with Gasteiger partial charge in [-0.05, 0) is 36.8 Å². The summed E-state index contributed by atoms with van der Waals surface area (Å²) in [6, 6.07) is 13.0. The number of piperidine rings is 1. The van der Waals surface area contributed by atoms with Crippen LogP contribution in [-0.2, 0) is 11.3 Å². The van der Waals surface area contributed by atoms with E-state index in [2.05, 4.69) is 48.2 Å². The Hall–Kier alpha value is -1.58. The van der Waals surface area contributed by atoms with Crippen molar-refractivity contribution in [1.82, 2.24) is 0 Å². The summed E-state index contributed by atoms with van der Waals surface area (Å²) in [5.74, 6) is 0. The molecule has 1 saturated heterocycles. The second-order valence-electron chi connectivity index (χ2n) is 5.66. The molecule has 1 atom stereocenters. The molecule has 1 heterocycles. The molecule has 112 valence electrons. The van der Waals surface area contributed by atoms with Crippen molar-refractivity contribution in [3.05, 3.63) is 42.0 Å². The molecule has 3 rings (SSSR count). The molecule has 1 aliphatic rings. The van der Waals surface area contributed by atoms with Crippen LogP contribution in [0.15, 0.2) is 36.4 Å². The molecular formula is C18H24N2O. The average Bonchev–Trinajstić information content (AvgIpc) is 2.54. The van der Waals surface area contributed by atoms with Crippen molar-refractivity contribution in [1.29, 1.82) is 0 Å². The number of rotatable bonds is 4. The first-order chi connectivity index (χ1) is 10.3. The lowest BCUT2D eigenvalue weighted by Crippen LogP contribution is -2.39. The lowest BCUT2D eigenvalue weighted by Gasteiger charge is -2.35. The molecule has 0 aromatic heterocycles. The van der Waals surface area contributed by atoms with E-state index in [0.29, 0.717) is 12.6 Å². The highest BCUT2D eigenvalue weighted by molar-refractivity contribution is 5.96. The molecule has 0 spiro atoms. The van der Waals surface area contributed by atoms with E-state index in [-0.39, 0.29) is 0 Å². The van der Waals surface area contributed by atoms with Gasteiger partial charge in [0.1, 0.15) is 0 Å². The number of hydrogen-bond donors (Lipinski definition) is 1. The fourth-order valence-electron chi connectivity index (χ4n) is 3.33. The Labute approximate surface area is 126 Å². The first-order valence-electron chi connectivity index (χ1n) is 7.90. The Kier molecular flexibility index (Phi) is 4.42. The summed E-state index contributed by atoms with van der Waals surface area (Å²) in [7, 11) is 0. The second kappa shape index (κ2) is 6.46. The van der Waals surface area contributed by atoms with E-state index in [1.54, 1.807) is 0 Å². The predicted octanol–water partition coefficient (Wildman–Crippen LogP) is 3.30. The Morgan fingerprint density at radius 3 is 2.76 bits per heavy atom. The third-order valence-corrected chi connectivity index (χ3v) is 4.33. The van der Waals surface area contributed by atoms with Crippen LogP contribution in [-0.4, -0.2) is 25.8 Å². The molecule has 1 unspecified atom stereocenters. The maximum atomic E-state index is 5.87. The third kappa shape index (κ3) is 2.89. The number of anilines is 1. The Bertz CT molecular complexity index is 609. The molecule has 0 amide bonds. The van der Waals surface area contributed by atoms with Gasteiger partial charge in [0.05, 0.1) is 6.10 Å². The van der Waals surface area contributed by atoms with Crippen LogP contribution in [0.4, 0.5) is 5.69 Å². The molecular weight excluding hydrogens is 260 g/mol. The summed E-state index contributed by atoms with van der Waals surface area (Å²) in [6.45, 7) is 5.55. The Morgan fingerprint density at radius 2 is 2.00 bits per heavy atom. The van der Waals surface area contributed by atoms with E-state index in [9.17, 15) is 0 Å². The van der Waals surface area contributed by atoms with Crippen LogP contribution in [0.5, 0.6) is 0 Å².